The molecule has 0 aromatic heterocycles. The predicted octanol–water partition coefficient (Wildman–Crippen LogP) is 0.242. The van der Waals surface area contributed by atoms with E-state index in [1.807, 2.05) is 0 Å². The molecule has 2 aliphatic heterocycles. The number of rotatable bonds is 2. The predicted molar refractivity (Wildman–Crippen MR) is 37.0 cm³/mol. The molecule has 0 aromatic carbocycles. The van der Waals surface area contributed by atoms with E-state index in [1.54, 1.807) is 12.2 Å². The second kappa shape index (κ2) is 1.80. The van der Waals surface area contributed by atoms with Crippen LogP contribution < -0.4 is 0 Å². The first kappa shape index (κ1) is 6.73. The summed E-state index contributed by atoms with van der Waals surface area (Å²) >= 11 is 0. The van der Waals surface area contributed by atoms with Gasteiger partial charge in [0.15, 0.2) is 12.6 Å². The van der Waals surface area contributed by atoms with Gasteiger partial charge in [-0.1, -0.05) is 0 Å². The van der Waals surface area contributed by atoms with E-state index in [0.29, 0.717) is 12.8 Å². The van der Waals surface area contributed by atoms with Crippen molar-refractivity contribution in [1.82, 2.24) is 0 Å². The maximum absolute atomic E-state index is 10.6. The molecule has 1 saturated heterocycles. The molecule has 2 aliphatic rings. The maximum Gasteiger partial charge on any atom is 0.155 e. The molecule has 0 aromatic rings. The molecule has 3 nitrogen and oxygen atoms in total. The molecule has 0 aliphatic carbocycles. The number of carbonyl (C=O) groups excluding carboxylic acids is 2. The Balaban J connectivity index is 2.36. The minimum absolute atomic E-state index is 0.631. The lowest BCUT2D eigenvalue weighted by Gasteiger charge is -2.14. The molecule has 0 spiro atoms. The Morgan fingerprint density at radius 1 is 1.09 bits per heavy atom. The van der Waals surface area contributed by atoms with Crippen LogP contribution in [-0.4, -0.2) is 23.8 Å². The highest BCUT2D eigenvalue weighted by Crippen LogP contribution is 2.43. The fourth-order valence-electron chi connectivity index (χ4n) is 1.61. The summed E-state index contributed by atoms with van der Waals surface area (Å²) in [4.78, 5) is 21.1. The summed E-state index contributed by atoms with van der Waals surface area (Å²) in [5, 5.41) is 0. The van der Waals surface area contributed by atoms with Crippen LogP contribution >= 0.6 is 0 Å². The molecular weight excluding hydrogens is 144 g/mol. The normalized spacial score (nSPS) is 46.2. The third-order valence-electron chi connectivity index (χ3n) is 2.33. The second-order valence-electron chi connectivity index (χ2n) is 3.08. The average molecular weight is 152 g/mol. The van der Waals surface area contributed by atoms with Crippen LogP contribution in [0.5, 0.6) is 0 Å². The lowest BCUT2D eigenvalue weighted by molar-refractivity contribution is -0.133. The summed E-state index contributed by atoms with van der Waals surface area (Å²) in [6.45, 7) is 0. The number of fused-ring (bicyclic) bond motifs is 2. The zero-order chi connectivity index (χ0) is 7.95. The minimum Gasteiger partial charge on any atom is -0.345 e. The van der Waals surface area contributed by atoms with Gasteiger partial charge in [-0.15, -0.1) is 0 Å². The minimum atomic E-state index is -0.777. The first-order valence-electron chi connectivity index (χ1n) is 3.57. The zero-order valence-electron chi connectivity index (χ0n) is 5.95. The van der Waals surface area contributed by atoms with Gasteiger partial charge in [0.25, 0.3) is 0 Å². The molecule has 3 heteroatoms. The SMILES string of the molecule is O=CC12C=CC(C=O)(CC1)O2. The highest BCUT2D eigenvalue weighted by atomic mass is 16.5. The molecule has 0 N–H and O–H groups in total. The van der Waals surface area contributed by atoms with Crippen LogP contribution in [0.3, 0.4) is 0 Å². The summed E-state index contributed by atoms with van der Waals surface area (Å²) < 4.78 is 5.30. The largest absolute Gasteiger partial charge is 0.345 e. The highest BCUT2D eigenvalue weighted by Gasteiger charge is 2.51. The van der Waals surface area contributed by atoms with E-state index in [-0.39, 0.29) is 0 Å². The lowest BCUT2D eigenvalue weighted by Crippen LogP contribution is -2.28. The van der Waals surface area contributed by atoms with E-state index in [4.69, 9.17) is 4.74 Å². The van der Waals surface area contributed by atoms with Crippen molar-refractivity contribution in [2.75, 3.05) is 0 Å². The van der Waals surface area contributed by atoms with Crippen molar-refractivity contribution < 1.29 is 14.3 Å². The van der Waals surface area contributed by atoms with Gasteiger partial charge >= 0.3 is 0 Å². The average Bonchev–Trinajstić information content (AvgIpc) is 2.61. The van der Waals surface area contributed by atoms with E-state index in [0.717, 1.165) is 12.6 Å². The van der Waals surface area contributed by atoms with Gasteiger partial charge < -0.3 is 4.74 Å². The number of ether oxygens (including phenoxy) is 1. The molecule has 1 fully saturated rings. The molecule has 2 bridgehead atoms. The third-order valence-corrected chi connectivity index (χ3v) is 2.33. The monoisotopic (exact) mass is 152 g/mol. The van der Waals surface area contributed by atoms with Crippen molar-refractivity contribution in [3.8, 4) is 0 Å². The quantitative estimate of drug-likeness (QED) is 0.420. The number of aldehydes is 2. The molecule has 0 saturated carbocycles. The van der Waals surface area contributed by atoms with Crippen molar-refractivity contribution in [2.45, 2.75) is 24.0 Å². The highest BCUT2D eigenvalue weighted by molar-refractivity contribution is 5.76. The number of hydrogen-bond donors (Lipinski definition) is 0. The standard InChI is InChI=1S/C8H8O3/c9-5-7-1-2-8(6-10,11-7)4-3-7/h1-2,5-6H,3-4H2. The zero-order valence-corrected chi connectivity index (χ0v) is 5.95. The van der Waals surface area contributed by atoms with Crippen molar-refractivity contribution in [2.24, 2.45) is 0 Å². The van der Waals surface area contributed by atoms with Crippen LogP contribution in [0.2, 0.25) is 0 Å². The smallest absolute Gasteiger partial charge is 0.155 e. The lowest BCUT2D eigenvalue weighted by atomic mass is 9.90. The molecule has 2 atom stereocenters. The summed E-state index contributed by atoms with van der Waals surface area (Å²) in [7, 11) is 0. The van der Waals surface area contributed by atoms with Crippen molar-refractivity contribution in [1.29, 1.82) is 0 Å². The Morgan fingerprint density at radius 2 is 1.55 bits per heavy atom. The Bertz CT molecular complexity index is 222. The first-order valence-corrected chi connectivity index (χ1v) is 3.57. The van der Waals surface area contributed by atoms with Crippen molar-refractivity contribution in [3.05, 3.63) is 12.2 Å². The van der Waals surface area contributed by atoms with Crippen LogP contribution in [0.1, 0.15) is 12.8 Å². The first-order chi connectivity index (χ1) is 5.24. The fourth-order valence-corrected chi connectivity index (χ4v) is 1.61. The van der Waals surface area contributed by atoms with E-state index in [1.165, 1.54) is 0 Å². The van der Waals surface area contributed by atoms with E-state index in [9.17, 15) is 9.59 Å². The molecule has 2 unspecified atom stereocenters. The Kier molecular flexibility index (Phi) is 1.10. The second-order valence-corrected chi connectivity index (χ2v) is 3.08. The van der Waals surface area contributed by atoms with Crippen LogP contribution in [0.25, 0.3) is 0 Å². The molecule has 58 valence electrons. The van der Waals surface area contributed by atoms with Crippen LogP contribution in [-0.2, 0) is 14.3 Å². The summed E-state index contributed by atoms with van der Waals surface area (Å²) in [5.74, 6) is 0. The topological polar surface area (TPSA) is 43.4 Å². The van der Waals surface area contributed by atoms with E-state index in [2.05, 4.69) is 0 Å². The van der Waals surface area contributed by atoms with E-state index >= 15 is 0 Å². The van der Waals surface area contributed by atoms with Gasteiger partial charge in [-0.25, -0.2) is 0 Å². The Morgan fingerprint density at radius 3 is 1.73 bits per heavy atom. The Labute approximate surface area is 64.0 Å². The summed E-state index contributed by atoms with van der Waals surface area (Å²) in [6.07, 6.45) is 6.15. The molecule has 2 rings (SSSR count). The summed E-state index contributed by atoms with van der Waals surface area (Å²) in [6, 6.07) is 0. The van der Waals surface area contributed by atoms with Gasteiger partial charge in [0, 0.05) is 0 Å². The van der Waals surface area contributed by atoms with Crippen molar-refractivity contribution in [3.63, 3.8) is 0 Å². The molecule has 2 heterocycles. The van der Waals surface area contributed by atoms with Gasteiger partial charge in [0.1, 0.15) is 11.2 Å². The van der Waals surface area contributed by atoms with Gasteiger partial charge in [-0.05, 0) is 25.0 Å². The van der Waals surface area contributed by atoms with Crippen molar-refractivity contribution >= 4 is 12.6 Å². The van der Waals surface area contributed by atoms with Crippen LogP contribution in [0.4, 0.5) is 0 Å². The third kappa shape index (κ3) is 0.715. The fraction of sp³-hybridized carbons (Fsp3) is 0.500. The molecule has 11 heavy (non-hydrogen) atoms. The maximum atomic E-state index is 10.6. The van der Waals surface area contributed by atoms with Gasteiger partial charge in [0.05, 0.1) is 0 Å². The van der Waals surface area contributed by atoms with Crippen LogP contribution in [0.15, 0.2) is 12.2 Å². The number of carbonyl (C=O) groups is 2. The van der Waals surface area contributed by atoms with Gasteiger partial charge in [-0.2, -0.15) is 0 Å². The Hall–Kier alpha value is -0.960. The number of hydrogen-bond acceptors (Lipinski definition) is 3. The molecule has 0 amide bonds. The van der Waals surface area contributed by atoms with E-state index < -0.39 is 11.2 Å². The molecule has 0 radical (unpaired) electrons. The van der Waals surface area contributed by atoms with Crippen LogP contribution in [0, 0.1) is 0 Å². The summed E-state index contributed by atoms with van der Waals surface area (Å²) in [5.41, 5.74) is -1.55. The van der Waals surface area contributed by atoms with Gasteiger partial charge in [-0.3, -0.25) is 9.59 Å². The van der Waals surface area contributed by atoms with Gasteiger partial charge in [0.2, 0.25) is 0 Å². The molecular formula is C8H8O3.